The lowest BCUT2D eigenvalue weighted by Crippen LogP contribution is -2.28. The van der Waals surface area contributed by atoms with Gasteiger partial charge in [-0.05, 0) is 19.4 Å². The Kier molecular flexibility index (Phi) is 2.05. The average Bonchev–Trinajstić information content (AvgIpc) is 2.15. The highest BCUT2D eigenvalue weighted by Gasteiger charge is 2.15. The Balaban J connectivity index is 2.19. The fourth-order valence-corrected chi connectivity index (χ4v) is 1.05. The second kappa shape index (κ2) is 2.82. The molecule has 1 fully saturated rings. The largest absolute Gasteiger partial charge is 0.369 e. The summed E-state index contributed by atoms with van der Waals surface area (Å²) in [4.78, 5) is 10.3. The summed E-state index contributed by atoms with van der Waals surface area (Å²) >= 11 is 0. The molecule has 51 valence electrons. The Bertz CT molecular complexity index is 108. The second-order valence-corrected chi connectivity index (χ2v) is 2.27. The van der Waals surface area contributed by atoms with Gasteiger partial charge in [0.2, 0.25) is 5.91 Å². The van der Waals surface area contributed by atoms with Gasteiger partial charge < -0.3 is 11.1 Å². The minimum absolute atomic E-state index is 0.238. The molecule has 0 bridgehead atoms. The van der Waals surface area contributed by atoms with Gasteiger partial charge in [-0.1, -0.05) is 0 Å². The summed E-state index contributed by atoms with van der Waals surface area (Å²) in [5, 5.41) is 3.13. The minimum atomic E-state index is -0.325. The van der Waals surface area contributed by atoms with Crippen LogP contribution < -0.4 is 11.1 Å². The monoisotopic (exact) mass is 127 g/mol. The van der Waals surface area contributed by atoms with Crippen LogP contribution in [0.4, 0.5) is 0 Å². The van der Waals surface area contributed by atoms with Crippen molar-refractivity contribution >= 4 is 5.91 Å². The van der Waals surface area contributed by atoms with Gasteiger partial charge in [-0.2, -0.15) is 0 Å². The van der Waals surface area contributed by atoms with Crippen LogP contribution in [0.1, 0.15) is 12.8 Å². The van der Waals surface area contributed by atoms with Gasteiger partial charge in [0.05, 0.1) is 6.42 Å². The summed E-state index contributed by atoms with van der Waals surface area (Å²) in [5.74, 6) is -0.325. The van der Waals surface area contributed by atoms with E-state index in [4.69, 9.17) is 5.73 Å². The summed E-state index contributed by atoms with van der Waals surface area (Å²) < 4.78 is 0. The van der Waals surface area contributed by atoms with Crippen molar-refractivity contribution in [2.75, 3.05) is 6.54 Å². The Morgan fingerprint density at radius 1 is 1.78 bits per heavy atom. The van der Waals surface area contributed by atoms with Crippen molar-refractivity contribution in [3.8, 4) is 0 Å². The van der Waals surface area contributed by atoms with Gasteiger partial charge in [0.25, 0.3) is 0 Å². The summed E-state index contributed by atoms with van der Waals surface area (Å²) in [7, 11) is 0. The number of nitrogens with one attached hydrogen (secondary N) is 1. The molecule has 1 atom stereocenters. The third kappa shape index (κ3) is 2.01. The maximum atomic E-state index is 10.3. The minimum Gasteiger partial charge on any atom is -0.369 e. The molecule has 0 aliphatic carbocycles. The van der Waals surface area contributed by atoms with Crippen LogP contribution in [0.5, 0.6) is 0 Å². The third-order valence-corrected chi connectivity index (χ3v) is 1.46. The first-order chi connectivity index (χ1) is 4.29. The quantitative estimate of drug-likeness (QED) is 0.522. The van der Waals surface area contributed by atoms with Crippen LogP contribution in [0, 0.1) is 6.42 Å². The molecular formula is C6H11N2O. The molecule has 0 aromatic carbocycles. The van der Waals surface area contributed by atoms with E-state index in [2.05, 4.69) is 5.32 Å². The standard InChI is InChI=1S/C6H11N2O/c7-6(9)4-5-2-1-3-8-5/h4-5,8H,1-3H2,(H2,7,9)/t5-/m1/s1. The molecule has 0 aromatic heterocycles. The highest BCUT2D eigenvalue weighted by Crippen LogP contribution is 2.06. The number of primary amides is 1. The second-order valence-electron chi connectivity index (χ2n) is 2.27. The van der Waals surface area contributed by atoms with Crippen LogP contribution >= 0.6 is 0 Å². The molecule has 0 saturated carbocycles. The van der Waals surface area contributed by atoms with Gasteiger partial charge in [-0.15, -0.1) is 0 Å². The average molecular weight is 127 g/mol. The Morgan fingerprint density at radius 3 is 3.00 bits per heavy atom. The highest BCUT2D eigenvalue weighted by molar-refractivity contribution is 5.83. The van der Waals surface area contributed by atoms with E-state index in [9.17, 15) is 4.79 Å². The van der Waals surface area contributed by atoms with E-state index >= 15 is 0 Å². The maximum Gasteiger partial charge on any atom is 0.222 e. The first kappa shape index (κ1) is 6.55. The Labute approximate surface area is 54.6 Å². The number of carbonyl (C=O) groups excluding carboxylic acids is 1. The van der Waals surface area contributed by atoms with Crippen molar-refractivity contribution in [2.24, 2.45) is 5.73 Å². The van der Waals surface area contributed by atoms with Crippen molar-refractivity contribution in [3.05, 3.63) is 6.42 Å². The normalized spacial score (nSPS) is 26.4. The number of nitrogens with two attached hydrogens (primary N) is 1. The molecule has 3 heteroatoms. The lowest BCUT2D eigenvalue weighted by molar-refractivity contribution is -0.115. The molecule has 0 spiro atoms. The molecule has 1 saturated heterocycles. The smallest absolute Gasteiger partial charge is 0.222 e. The predicted octanol–water partition coefficient (Wildman–Crippen LogP) is -0.572. The number of carbonyl (C=O) groups is 1. The van der Waals surface area contributed by atoms with Crippen molar-refractivity contribution in [1.82, 2.24) is 5.32 Å². The molecular weight excluding hydrogens is 116 g/mol. The van der Waals surface area contributed by atoms with Crippen molar-refractivity contribution < 1.29 is 4.79 Å². The molecule has 9 heavy (non-hydrogen) atoms. The van der Waals surface area contributed by atoms with Gasteiger partial charge in [-0.25, -0.2) is 0 Å². The number of hydrogen-bond donors (Lipinski definition) is 2. The number of rotatable bonds is 2. The van der Waals surface area contributed by atoms with Crippen molar-refractivity contribution in [1.29, 1.82) is 0 Å². The Hall–Kier alpha value is -0.570. The summed E-state index contributed by atoms with van der Waals surface area (Å²) in [5.41, 5.74) is 4.94. The highest BCUT2D eigenvalue weighted by atomic mass is 16.1. The van der Waals surface area contributed by atoms with Gasteiger partial charge in [-0.3, -0.25) is 4.79 Å². The SMILES string of the molecule is NC(=O)[CH][C@H]1CCCN1. The third-order valence-electron chi connectivity index (χ3n) is 1.46. The van der Waals surface area contributed by atoms with Gasteiger partial charge in [0.1, 0.15) is 0 Å². The van der Waals surface area contributed by atoms with E-state index in [0.29, 0.717) is 0 Å². The zero-order chi connectivity index (χ0) is 6.69. The molecule has 3 N–H and O–H groups in total. The molecule has 0 unspecified atom stereocenters. The van der Waals surface area contributed by atoms with E-state index in [1.807, 2.05) is 0 Å². The van der Waals surface area contributed by atoms with E-state index in [-0.39, 0.29) is 11.9 Å². The molecule has 3 nitrogen and oxygen atoms in total. The lowest BCUT2D eigenvalue weighted by Gasteiger charge is -2.03. The molecule has 1 heterocycles. The van der Waals surface area contributed by atoms with Crippen molar-refractivity contribution in [3.63, 3.8) is 0 Å². The van der Waals surface area contributed by atoms with E-state index in [1.54, 1.807) is 0 Å². The predicted molar refractivity (Wildman–Crippen MR) is 34.5 cm³/mol. The number of hydrogen-bond acceptors (Lipinski definition) is 2. The zero-order valence-electron chi connectivity index (χ0n) is 5.26. The van der Waals surface area contributed by atoms with Gasteiger partial charge in [0, 0.05) is 6.04 Å². The van der Waals surface area contributed by atoms with Crippen molar-refractivity contribution in [2.45, 2.75) is 18.9 Å². The van der Waals surface area contributed by atoms with E-state index in [0.717, 1.165) is 19.4 Å². The summed E-state index contributed by atoms with van der Waals surface area (Å²) in [6.45, 7) is 1.01. The first-order valence-corrected chi connectivity index (χ1v) is 3.17. The van der Waals surface area contributed by atoms with Gasteiger partial charge >= 0.3 is 0 Å². The summed E-state index contributed by atoms with van der Waals surface area (Å²) in [6, 6.07) is 0.238. The molecule has 1 aliphatic heterocycles. The van der Waals surface area contributed by atoms with Crippen LogP contribution in [0.2, 0.25) is 0 Å². The maximum absolute atomic E-state index is 10.3. The molecule has 1 radical (unpaired) electrons. The van der Waals surface area contributed by atoms with Gasteiger partial charge in [0.15, 0.2) is 0 Å². The van der Waals surface area contributed by atoms with Crippen LogP contribution in [0.25, 0.3) is 0 Å². The van der Waals surface area contributed by atoms with Crippen LogP contribution in [0.15, 0.2) is 0 Å². The van der Waals surface area contributed by atoms with E-state index < -0.39 is 0 Å². The molecule has 1 rings (SSSR count). The zero-order valence-corrected chi connectivity index (χ0v) is 5.26. The first-order valence-electron chi connectivity index (χ1n) is 3.17. The molecule has 1 aliphatic rings. The Morgan fingerprint density at radius 2 is 2.56 bits per heavy atom. The fraction of sp³-hybridized carbons (Fsp3) is 0.667. The number of amides is 1. The van der Waals surface area contributed by atoms with Crippen LogP contribution in [0.3, 0.4) is 0 Å². The topological polar surface area (TPSA) is 55.1 Å². The lowest BCUT2D eigenvalue weighted by atomic mass is 10.1. The van der Waals surface area contributed by atoms with Crippen LogP contribution in [-0.2, 0) is 4.79 Å². The molecule has 1 amide bonds. The van der Waals surface area contributed by atoms with Crippen LogP contribution in [-0.4, -0.2) is 18.5 Å². The summed E-state index contributed by atoms with van der Waals surface area (Å²) in [6.07, 6.45) is 3.73. The molecule has 0 aromatic rings. The fourth-order valence-electron chi connectivity index (χ4n) is 1.05. The van der Waals surface area contributed by atoms with E-state index in [1.165, 1.54) is 6.42 Å².